The predicted octanol–water partition coefficient (Wildman–Crippen LogP) is 7.98. The van der Waals surface area contributed by atoms with Gasteiger partial charge in [0.15, 0.2) is 5.82 Å². The largest absolute Gasteiger partial charge is 0.461 e. The van der Waals surface area contributed by atoms with Crippen molar-refractivity contribution in [2.45, 2.75) is 63.5 Å². The normalized spacial score (nSPS) is 20.2. The van der Waals surface area contributed by atoms with Crippen LogP contribution in [0.3, 0.4) is 0 Å². The Hall–Kier alpha value is -4.16. The lowest BCUT2D eigenvalue weighted by atomic mass is 9.93. The Kier molecular flexibility index (Phi) is 7.79. The molecule has 46 heavy (non-hydrogen) atoms. The number of amides is 1. The molecule has 4 heterocycles. The Balaban J connectivity index is 1.48. The molecule has 2 saturated heterocycles. The summed E-state index contributed by atoms with van der Waals surface area (Å²) in [7, 11) is 0. The van der Waals surface area contributed by atoms with Crippen LogP contribution in [0.2, 0.25) is 0 Å². The molecule has 1 N–H and O–H groups in total. The second-order valence-electron chi connectivity index (χ2n) is 12.4. The molecule has 0 spiro atoms. The van der Waals surface area contributed by atoms with E-state index in [1.54, 1.807) is 26.8 Å². The summed E-state index contributed by atoms with van der Waals surface area (Å²) in [5.74, 6) is -2.29. The van der Waals surface area contributed by atoms with Crippen LogP contribution in [0.5, 0.6) is 6.01 Å². The van der Waals surface area contributed by atoms with Gasteiger partial charge in [-0.1, -0.05) is 6.07 Å². The van der Waals surface area contributed by atoms with E-state index in [9.17, 15) is 27.6 Å². The minimum atomic E-state index is -5.09. The lowest BCUT2D eigenvalue weighted by Crippen LogP contribution is -2.43. The Morgan fingerprint density at radius 3 is 2.72 bits per heavy atom. The predicted molar refractivity (Wildman–Crippen MR) is 158 cm³/mol. The van der Waals surface area contributed by atoms with Gasteiger partial charge < -0.3 is 9.47 Å². The highest BCUT2D eigenvalue weighted by atomic mass is 32.1. The van der Waals surface area contributed by atoms with Crippen LogP contribution in [0.4, 0.5) is 36.1 Å². The SMILES string of the molecule is CC(C)(C)OC(=O)Nc1sc2c(F)ccc(-c3c(C(F)(F)F)cc4cnc(OC[C@@]56CCCN5C[C@H](F)C6)nc4c3F)c2c1C#N. The van der Waals surface area contributed by atoms with E-state index >= 15 is 8.78 Å². The van der Waals surface area contributed by atoms with E-state index in [-0.39, 0.29) is 51.6 Å². The van der Waals surface area contributed by atoms with Crippen molar-refractivity contribution in [3.63, 3.8) is 0 Å². The fourth-order valence-corrected chi connectivity index (χ4v) is 7.36. The molecule has 2 aromatic heterocycles. The third-order valence-corrected chi connectivity index (χ3v) is 9.23. The standard InChI is InChI=1S/C31H27F6N5O3S/c1-29(2,3)45-28(43)41-26-18(11-38)21-17(5-6-20(33)25(21)46-26)22-19(31(35,36)37)9-15-12-39-27(40-24(15)23(22)34)44-14-30-7-4-8-42(30)13-16(32)10-30/h5-6,9,12,16H,4,7-8,10,13-14H2,1-3H3,(H,41,43)/t16-,30+/m1/s1. The van der Waals surface area contributed by atoms with Crippen LogP contribution in [0.1, 0.15) is 51.2 Å². The topological polar surface area (TPSA) is 100 Å². The van der Waals surface area contributed by atoms with Gasteiger partial charge in [0.2, 0.25) is 0 Å². The Labute approximate surface area is 262 Å². The second kappa shape index (κ2) is 11.3. The summed E-state index contributed by atoms with van der Waals surface area (Å²) in [4.78, 5) is 22.5. The van der Waals surface area contributed by atoms with E-state index < -0.39 is 63.4 Å². The molecule has 6 rings (SSSR count). The van der Waals surface area contributed by atoms with Crippen LogP contribution in [-0.4, -0.2) is 58.0 Å². The molecule has 4 aromatic rings. The number of fused-ring (bicyclic) bond motifs is 3. The van der Waals surface area contributed by atoms with E-state index in [1.807, 2.05) is 4.90 Å². The molecule has 0 saturated carbocycles. The van der Waals surface area contributed by atoms with Crippen molar-refractivity contribution < 1.29 is 40.6 Å². The van der Waals surface area contributed by atoms with Crippen molar-refractivity contribution >= 4 is 43.4 Å². The zero-order valence-corrected chi connectivity index (χ0v) is 25.6. The molecule has 242 valence electrons. The second-order valence-corrected chi connectivity index (χ2v) is 13.4. The van der Waals surface area contributed by atoms with Gasteiger partial charge in [-0.05, 0) is 57.9 Å². The number of halogens is 6. The van der Waals surface area contributed by atoms with E-state index in [1.165, 1.54) is 0 Å². The summed E-state index contributed by atoms with van der Waals surface area (Å²) in [6, 6.07) is 3.98. The number of thiophene rings is 1. The van der Waals surface area contributed by atoms with Crippen molar-refractivity contribution in [2.24, 2.45) is 0 Å². The van der Waals surface area contributed by atoms with E-state index in [0.717, 1.165) is 24.8 Å². The van der Waals surface area contributed by atoms with Gasteiger partial charge in [-0.3, -0.25) is 10.2 Å². The lowest BCUT2D eigenvalue weighted by molar-refractivity contribution is -0.137. The fourth-order valence-electron chi connectivity index (χ4n) is 6.30. The number of nitrogens with zero attached hydrogens (tertiary/aromatic N) is 4. The number of alkyl halides is 4. The molecule has 2 atom stereocenters. The molecule has 2 aliphatic rings. The van der Waals surface area contributed by atoms with Crippen LogP contribution >= 0.6 is 11.3 Å². The zero-order valence-electron chi connectivity index (χ0n) is 24.8. The van der Waals surface area contributed by atoms with Gasteiger partial charge in [-0.25, -0.2) is 22.9 Å². The molecule has 0 unspecified atom stereocenters. The van der Waals surface area contributed by atoms with Crippen LogP contribution in [-0.2, 0) is 10.9 Å². The third-order valence-electron chi connectivity index (χ3n) is 8.11. The minimum absolute atomic E-state index is 0.0144. The number of nitrogens with one attached hydrogen (secondary N) is 1. The summed E-state index contributed by atoms with van der Waals surface area (Å²) >= 11 is 0.600. The van der Waals surface area contributed by atoms with Crippen molar-refractivity contribution in [3.05, 3.63) is 47.2 Å². The van der Waals surface area contributed by atoms with Gasteiger partial charge in [0.25, 0.3) is 0 Å². The first-order valence-corrected chi connectivity index (χ1v) is 15.2. The molecular formula is C31H27F6N5O3S. The van der Waals surface area contributed by atoms with Gasteiger partial charge in [0.1, 0.15) is 40.8 Å². The van der Waals surface area contributed by atoms with E-state index in [2.05, 4.69) is 15.3 Å². The molecule has 0 aliphatic carbocycles. The van der Waals surface area contributed by atoms with Crippen molar-refractivity contribution in [3.8, 4) is 23.2 Å². The summed E-state index contributed by atoms with van der Waals surface area (Å²) in [6.45, 7) is 5.78. The highest BCUT2D eigenvalue weighted by molar-refractivity contribution is 7.23. The molecule has 0 bridgehead atoms. The summed E-state index contributed by atoms with van der Waals surface area (Å²) in [5, 5.41) is 11.6. The van der Waals surface area contributed by atoms with Crippen LogP contribution < -0.4 is 10.1 Å². The maximum atomic E-state index is 16.4. The van der Waals surface area contributed by atoms with Gasteiger partial charge in [0, 0.05) is 35.5 Å². The van der Waals surface area contributed by atoms with Crippen molar-refractivity contribution in [1.82, 2.24) is 14.9 Å². The van der Waals surface area contributed by atoms with Crippen molar-refractivity contribution in [1.29, 1.82) is 5.26 Å². The zero-order chi connectivity index (χ0) is 33.2. The van der Waals surface area contributed by atoms with Crippen LogP contribution in [0.15, 0.2) is 24.4 Å². The van der Waals surface area contributed by atoms with Crippen LogP contribution in [0, 0.1) is 23.0 Å². The van der Waals surface area contributed by atoms with Gasteiger partial charge in [-0.15, -0.1) is 11.3 Å². The van der Waals surface area contributed by atoms with Gasteiger partial charge >= 0.3 is 18.3 Å². The number of ether oxygens (including phenoxy) is 2. The number of carbonyl (C=O) groups is 1. The minimum Gasteiger partial charge on any atom is -0.461 e. The molecule has 2 aliphatic heterocycles. The molecule has 8 nitrogen and oxygen atoms in total. The summed E-state index contributed by atoms with van der Waals surface area (Å²) in [6.07, 6.45) is -4.30. The number of aromatic nitrogens is 2. The molecule has 1 amide bonds. The monoisotopic (exact) mass is 663 g/mol. The first kappa shape index (κ1) is 31.8. The molecule has 0 radical (unpaired) electrons. The Morgan fingerprint density at radius 1 is 1.26 bits per heavy atom. The third kappa shape index (κ3) is 5.68. The van der Waals surface area contributed by atoms with Gasteiger partial charge in [0.05, 0.1) is 21.4 Å². The smallest absolute Gasteiger partial charge is 0.417 e. The van der Waals surface area contributed by atoms with Crippen molar-refractivity contribution in [2.75, 3.05) is 25.0 Å². The number of carbonyl (C=O) groups excluding carboxylic acids is 1. The molecule has 15 heteroatoms. The average Bonchev–Trinajstić information content (AvgIpc) is 3.61. The highest BCUT2D eigenvalue weighted by Gasteiger charge is 2.49. The maximum absolute atomic E-state index is 16.4. The fraction of sp³-hybridized carbons (Fsp3) is 0.419. The number of hydrogen-bond donors (Lipinski definition) is 1. The number of anilines is 1. The van der Waals surface area contributed by atoms with Crippen LogP contribution in [0.25, 0.3) is 32.1 Å². The van der Waals surface area contributed by atoms with E-state index in [4.69, 9.17) is 9.47 Å². The molecule has 2 aromatic carbocycles. The van der Waals surface area contributed by atoms with Gasteiger partial charge in [-0.2, -0.15) is 23.4 Å². The summed E-state index contributed by atoms with van der Waals surface area (Å²) in [5.41, 5.74) is -5.17. The number of hydrogen-bond acceptors (Lipinski definition) is 8. The first-order valence-electron chi connectivity index (χ1n) is 14.3. The maximum Gasteiger partial charge on any atom is 0.417 e. The average molecular weight is 664 g/mol. The number of nitriles is 1. The highest BCUT2D eigenvalue weighted by Crippen LogP contribution is 2.48. The quantitative estimate of drug-likeness (QED) is 0.216. The van der Waals surface area contributed by atoms with E-state index in [0.29, 0.717) is 30.4 Å². The Morgan fingerprint density at radius 2 is 2.02 bits per heavy atom. The number of benzene rings is 2. The lowest BCUT2D eigenvalue weighted by Gasteiger charge is -2.30. The number of rotatable bonds is 5. The Bertz CT molecular complexity index is 1920. The summed E-state index contributed by atoms with van der Waals surface area (Å²) < 4.78 is 99.9. The first-order chi connectivity index (χ1) is 21.6. The molecular weight excluding hydrogens is 636 g/mol. The molecule has 2 fully saturated rings.